The first-order valence-electron chi connectivity index (χ1n) is 16.7. The Morgan fingerprint density at radius 3 is 1.47 bits per heavy atom. The van der Waals surface area contributed by atoms with E-state index in [4.69, 9.17) is 9.05 Å². The van der Waals surface area contributed by atoms with E-state index >= 15 is 0 Å². The minimum atomic E-state index is -1.42. The molecular formula is C40H51O2P. The molecule has 0 unspecified atom stereocenters. The summed E-state index contributed by atoms with van der Waals surface area (Å²) in [5.41, 5.74) is 7.79. The normalized spacial score (nSPS) is 11.2. The highest BCUT2D eigenvalue weighted by Crippen LogP contribution is 2.43. The molecule has 0 aliphatic rings. The molecule has 0 aromatic heterocycles. The second kappa shape index (κ2) is 17.9. The number of aryl methyl sites for hydroxylation is 4. The van der Waals surface area contributed by atoms with E-state index < -0.39 is 8.38 Å². The van der Waals surface area contributed by atoms with Crippen LogP contribution in [0.5, 0.6) is 11.5 Å². The summed E-state index contributed by atoms with van der Waals surface area (Å²) in [7, 11) is -1.42. The number of unbranched alkanes of at least 4 members (excludes halogenated alkanes) is 4. The van der Waals surface area contributed by atoms with Crippen LogP contribution in [0.3, 0.4) is 0 Å². The number of benzene rings is 4. The molecule has 43 heavy (non-hydrogen) atoms. The molecule has 0 heterocycles. The van der Waals surface area contributed by atoms with Gasteiger partial charge in [0.2, 0.25) is 0 Å². The molecule has 0 spiro atoms. The van der Waals surface area contributed by atoms with Crippen molar-refractivity contribution in [3.05, 3.63) is 113 Å². The average Bonchev–Trinajstić information content (AvgIpc) is 3.05. The van der Waals surface area contributed by atoms with Crippen molar-refractivity contribution in [3.63, 3.8) is 0 Å². The fourth-order valence-corrected chi connectivity index (χ4v) is 6.79. The molecule has 0 radical (unpaired) electrons. The maximum absolute atomic E-state index is 6.98. The van der Waals surface area contributed by atoms with Crippen molar-refractivity contribution in [3.8, 4) is 22.6 Å². The lowest BCUT2D eigenvalue weighted by atomic mass is 10.0. The minimum Gasteiger partial charge on any atom is -0.435 e. The third-order valence-corrected chi connectivity index (χ3v) is 9.44. The zero-order chi connectivity index (χ0) is 30.3. The van der Waals surface area contributed by atoms with Gasteiger partial charge in [-0.3, -0.25) is 0 Å². The molecule has 4 aromatic carbocycles. The largest absolute Gasteiger partial charge is 0.435 e. The molecule has 0 aliphatic heterocycles. The van der Waals surface area contributed by atoms with Gasteiger partial charge >= 0.3 is 8.38 Å². The molecule has 4 rings (SSSR count). The first-order valence-corrected chi connectivity index (χ1v) is 17.9. The van der Waals surface area contributed by atoms with Gasteiger partial charge in [-0.15, -0.1) is 0 Å². The van der Waals surface area contributed by atoms with E-state index in [9.17, 15) is 0 Å². The lowest BCUT2D eigenvalue weighted by Crippen LogP contribution is -2.12. The van der Waals surface area contributed by atoms with Crippen LogP contribution in [0.1, 0.15) is 101 Å². The quantitative estimate of drug-likeness (QED) is 0.107. The van der Waals surface area contributed by atoms with Gasteiger partial charge in [-0.2, -0.15) is 0 Å². The summed E-state index contributed by atoms with van der Waals surface area (Å²) in [5, 5.41) is 1.09. The fraction of sp³-hybridized carbons (Fsp3) is 0.400. The minimum absolute atomic E-state index is 0.958. The van der Waals surface area contributed by atoms with Crippen molar-refractivity contribution in [1.82, 2.24) is 0 Å². The van der Waals surface area contributed by atoms with Crippen molar-refractivity contribution >= 4 is 13.7 Å². The Bertz CT molecular complexity index is 1320. The highest BCUT2D eigenvalue weighted by molar-refractivity contribution is 7.56. The van der Waals surface area contributed by atoms with Crippen LogP contribution in [0, 0.1) is 0 Å². The third kappa shape index (κ3) is 9.97. The van der Waals surface area contributed by atoms with E-state index in [2.05, 4.69) is 119 Å². The SMILES string of the molecule is CCCCc1ccc(OP(Oc2ccc(CCCC)cc2CCCC)c2cccc(-c3ccccc3)c2)c(CCCC)c1. The van der Waals surface area contributed by atoms with E-state index in [0.717, 1.165) is 68.2 Å². The molecule has 0 atom stereocenters. The molecule has 0 aliphatic carbocycles. The van der Waals surface area contributed by atoms with Crippen molar-refractivity contribution in [2.45, 2.75) is 105 Å². The van der Waals surface area contributed by atoms with Gasteiger partial charge in [0.1, 0.15) is 11.5 Å². The van der Waals surface area contributed by atoms with Crippen LogP contribution in [0.4, 0.5) is 0 Å². The number of hydrogen-bond donors (Lipinski definition) is 0. The maximum Gasteiger partial charge on any atom is 0.326 e. The van der Waals surface area contributed by atoms with E-state index in [1.807, 2.05) is 0 Å². The lowest BCUT2D eigenvalue weighted by Gasteiger charge is -2.23. The molecule has 0 saturated heterocycles. The Balaban J connectivity index is 1.73. The monoisotopic (exact) mass is 594 g/mol. The molecule has 0 saturated carbocycles. The summed E-state index contributed by atoms with van der Waals surface area (Å²) in [6.07, 6.45) is 13.7. The average molecular weight is 595 g/mol. The van der Waals surface area contributed by atoms with Crippen molar-refractivity contribution in [2.75, 3.05) is 0 Å². The standard InChI is InChI=1S/C40H51O2P/c1-5-9-17-32-25-27-39(36(29-32)19-11-7-3)41-43(38-24-16-23-35(31-38)34-21-14-13-15-22-34)42-40-28-26-33(18-10-6-2)30-37(40)20-12-8-4/h13-16,21-31H,5-12,17-20H2,1-4H3. The van der Waals surface area contributed by atoms with E-state index in [1.54, 1.807) is 0 Å². The lowest BCUT2D eigenvalue weighted by molar-refractivity contribution is 0.492. The smallest absolute Gasteiger partial charge is 0.326 e. The molecule has 0 N–H and O–H groups in total. The van der Waals surface area contributed by atoms with Gasteiger partial charge in [0.25, 0.3) is 0 Å². The summed E-state index contributed by atoms with van der Waals surface area (Å²) >= 11 is 0. The van der Waals surface area contributed by atoms with Crippen molar-refractivity contribution < 1.29 is 9.05 Å². The zero-order valence-electron chi connectivity index (χ0n) is 26.9. The molecule has 0 fully saturated rings. The van der Waals surface area contributed by atoms with E-state index in [-0.39, 0.29) is 0 Å². The molecule has 2 nitrogen and oxygen atoms in total. The van der Waals surface area contributed by atoms with E-state index in [1.165, 1.54) is 59.1 Å². The molecular weight excluding hydrogens is 543 g/mol. The van der Waals surface area contributed by atoms with Crippen molar-refractivity contribution in [2.24, 2.45) is 0 Å². The predicted molar refractivity (Wildman–Crippen MR) is 187 cm³/mol. The summed E-state index contributed by atoms with van der Waals surface area (Å²) in [6, 6.07) is 33.0. The van der Waals surface area contributed by atoms with Gasteiger partial charge in [-0.1, -0.05) is 120 Å². The Morgan fingerprint density at radius 2 is 0.953 bits per heavy atom. The first-order chi connectivity index (χ1) is 21.1. The van der Waals surface area contributed by atoms with Gasteiger partial charge in [0.05, 0.1) is 5.30 Å². The van der Waals surface area contributed by atoms with Gasteiger partial charge in [-0.05, 0) is 109 Å². The van der Waals surface area contributed by atoms with Crippen LogP contribution in [0.15, 0.2) is 91.0 Å². The maximum atomic E-state index is 6.98. The fourth-order valence-electron chi connectivity index (χ4n) is 5.37. The summed E-state index contributed by atoms with van der Waals surface area (Å²) in [6.45, 7) is 9.03. The predicted octanol–water partition coefficient (Wildman–Crippen LogP) is 11.8. The molecule has 0 amide bonds. The van der Waals surface area contributed by atoms with Gasteiger partial charge in [-0.25, -0.2) is 0 Å². The van der Waals surface area contributed by atoms with Crippen LogP contribution < -0.4 is 14.4 Å². The third-order valence-electron chi connectivity index (χ3n) is 8.01. The zero-order valence-corrected chi connectivity index (χ0v) is 27.8. The first kappa shape index (κ1) is 32.8. The second-order valence-electron chi connectivity index (χ2n) is 11.7. The highest BCUT2D eigenvalue weighted by atomic mass is 31.2. The summed E-state index contributed by atoms with van der Waals surface area (Å²) < 4.78 is 14.0. The van der Waals surface area contributed by atoms with Crippen LogP contribution in [0.25, 0.3) is 11.1 Å². The Labute approximate surface area is 262 Å². The van der Waals surface area contributed by atoms with Gasteiger partial charge in [0.15, 0.2) is 0 Å². The molecule has 3 heteroatoms. The van der Waals surface area contributed by atoms with Crippen LogP contribution in [-0.2, 0) is 25.7 Å². The number of hydrogen-bond acceptors (Lipinski definition) is 2. The molecule has 0 bridgehead atoms. The summed E-state index contributed by atoms with van der Waals surface area (Å²) in [5.74, 6) is 1.92. The second-order valence-corrected chi connectivity index (χ2v) is 13.1. The van der Waals surface area contributed by atoms with Crippen LogP contribution in [-0.4, -0.2) is 0 Å². The highest BCUT2D eigenvalue weighted by Gasteiger charge is 2.22. The summed E-state index contributed by atoms with van der Waals surface area (Å²) in [4.78, 5) is 0. The van der Waals surface area contributed by atoms with Crippen LogP contribution in [0.2, 0.25) is 0 Å². The van der Waals surface area contributed by atoms with Crippen molar-refractivity contribution in [1.29, 1.82) is 0 Å². The topological polar surface area (TPSA) is 18.5 Å². The van der Waals surface area contributed by atoms with Gasteiger partial charge in [0, 0.05) is 0 Å². The molecule has 228 valence electrons. The Kier molecular flexibility index (Phi) is 13.7. The van der Waals surface area contributed by atoms with E-state index in [0.29, 0.717) is 0 Å². The Hall–Kier alpha value is -3.09. The Morgan fingerprint density at radius 1 is 0.465 bits per heavy atom. The number of rotatable bonds is 18. The van der Waals surface area contributed by atoms with Crippen LogP contribution >= 0.6 is 8.38 Å². The van der Waals surface area contributed by atoms with Gasteiger partial charge < -0.3 is 9.05 Å². The molecule has 4 aromatic rings.